The summed E-state index contributed by atoms with van der Waals surface area (Å²) in [5.74, 6) is 0. The fourth-order valence-electron chi connectivity index (χ4n) is 1.37. The third kappa shape index (κ3) is 3.06. The van der Waals surface area contributed by atoms with Gasteiger partial charge in [0.2, 0.25) is 0 Å². The summed E-state index contributed by atoms with van der Waals surface area (Å²) in [4.78, 5) is 16.0. The Labute approximate surface area is 108 Å². The van der Waals surface area contributed by atoms with Gasteiger partial charge in [-0.05, 0) is 24.6 Å². The van der Waals surface area contributed by atoms with Crippen LogP contribution >= 0.6 is 11.3 Å². The number of aromatic nitrogens is 1. The number of hydrogen-bond donors (Lipinski definition) is 2. The van der Waals surface area contributed by atoms with Crippen LogP contribution in [0.2, 0.25) is 0 Å². The number of nitriles is 1. The summed E-state index contributed by atoms with van der Waals surface area (Å²) < 4.78 is 0. The highest BCUT2D eigenvalue weighted by Gasteiger charge is 2.06. The predicted molar refractivity (Wildman–Crippen MR) is 70.6 cm³/mol. The van der Waals surface area contributed by atoms with Gasteiger partial charge in [-0.25, -0.2) is 9.78 Å². The number of aryl methyl sites for hydroxylation is 1. The van der Waals surface area contributed by atoms with Gasteiger partial charge in [-0.3, -0.25) is 5.32 Å². The molecule has 0 bridgehead atoms. The number of anilines is 2. The molecular formula is C12H10N4OS. The van der Waals surface area contributed by atoms with Crippen molar-refractivity contribution in [2.45, 2.75) is 6.92 Å². The Morgan fingerprint density at radius 1 is 1.44 bits per heavy atom. The zero-order valence-corrected chi connectivity index (χ0v) is 10.4. The Kier molecular flexibility index (Phi) is 3.55. The minimum atomic E-state index is -0.376. The van der Waals surface area contributed by atoms with Crippen LogP contribution in [0.3, 0.4) is 0 Å². The summed E-state index contributed by atoms with van der Waals surface area (Å²) in [6.45, 7) is 1.95. The van der Waals surface area contributed by atoms with Gasteiger partial charge in [0.05, 0.1) is 6.20 Å². The van der Waals surface area contributed by atoms with E-state index in [-0.39, 0.29) is 6.03 Å². The van der Waals surface area contributed by atoms with E-state index in [4.69, 9.17) is 5.26 Å². The number of hydrogen-bond acceptors (Lipinski definition) is 4. The van der Waals surface area contributed by atoms with Gasteiger partial charge in [0.25, 0.3) is 0 Å². The first-order chi connectivity index (χ1) is 8.67. The van der Waals surface area contributed by atoms with Crippen molar-refractivity contribution < 1.29 is 4.79 Å². The minimum Gasteiger partial charge on any atom is -0.308 e. The summed E-state index contributed by atoms with van der Waals surface area (Å²) in [5, 5.41) is 14.3. The van der Waals surface area contributed by atoms with Crippen molar-refractivity contribution in [2.75, 3.05) is 10.6 Å². The number of carbonyl (C=O) groups is 1. The standard InChI is InChI=1S/C12H10N4OS/c1-8-3-2-4-9(5-8)15-11(17)16-12-14-7-10(6-13)18-12/h2-5,7H,1H3,(H2,14,15,16,17). The second kappa shape index (κ2) is 5.29. The summed E-state index contributed by atoms with van der Waals surface area (Å²) in [7, 11) is 0. The first-order valence-electron chi connectivity index (χ1n) is 5.18. The monoisotopic (exact) mass is 258 g/mol. The molecule has 1 heterocycles. The maximum absolute atomic E-state index is 11.7. The van der Waals surface area contributed by atoms with E-state index in [0.717, 1.165) is 16.9 Å². The van der Waals surface area contributed by atoms with Gasteiger partial charge in [0.1, 0.15) is 10.9 Å². The molecule has 0 fully saturated rings. The van der Waals surface area contributed by atoms with Crippen LogP contribution in [0.4, 0.5) is 15.6 Å². The molecule has 0 aliphatic rings. The lowest BCUT2D eigenvalue weighted by Crippen LogP contribution is -2.19. The van der Waals surface area contributed by atoms with E-state index in [1.165, 1.54) is 6.20 Å². The van der Waals surface area contributed by atoms with Gasteiger partial charge in [0.15, 0.2) is 5.13 Å². The SMILES string of the molecule is Cc1cccc(NC(=O)Nc2ncc(C#N)s2)c1. The Bertz CT molecular complexity index is 615. The Morgan fingerprint density at radius 2 is 2.28 bits per heavy atom. The molecule has 0 radical (unpaired) electrons. The molecule has 0 saturated carbocycles. The number of nitrogens with zero attached hydrogens (tertiary/aromatic N) is 2. The Hall–Kier alpha value is -2.39. The van der Waals surface area contributed by atoms with Gasteiger partial charge in [0, 0.05) is 5.69 Å². The van der Waals surface area contributed by atoms with E-state index in [9.17, 15) is 4.79 Å². The highest BCUT2D eigenvalue weighted by atomic mass is 32.1. The number of carbonyl (C=O) groups excluding carboxylic acids is 1. The first-order valence-corrected chi connectivity index (χ1v) is 5.99. The average Bonchev–Trinajstić information content (AvgIpc) is 2.76. The molecule has 0 atom stereocenters. The summed E-state index contributed by atoms with van der Waals surface area (Å²) >= 11 is 1.13. The lowest BCUT2D eigenvalue weighted by atomic mass is 10.2. The molecule has 2 rings (SSSR count). The molecule has 0 spiro atoms. The second-order valence-corrected chi connectivity index (χ2v) is 4.62. The molecule has 18 heavy (non-hydrogen) atoms. The minimum absolute atomic E-state index is 0.376. The molecule has 1 aromatic carbocycles. The first kappa shape index (κ1) is 12.1. The Morgan fingerprint density at radius 3 is 2.94 bits per heavy atom. The Balaban J connectivity index is 1.99. The van der Waals surface area contributed by atoms with Gasteiger partial charge in [-0.2, -0.15) is 5.26 Å². The van der Waals surface area contributed by atoms with Gasteiger partial charge in [-0.1, -0.05) is 23.5 Å². The van der Waals surface area contributed by atoms with E-state index >= 15 is 0 Å². The molecule has 0 aliphatic heterocycles. The lowest BCUT2D eigenvalue weighted by Gasteiger charge is -2.05. The van der Waals surface area contributed by atoms with Crippen LogP contribution in [-0.4, -0.2) is 11.0 Å². The number of rotatable bonds is 2. The summed E-state index contributed by atoms with van der Waals surface area (Å²) in [5.41, 5.74) is 1.78. The number of amides is 2. The van der Waals surface area contributed by atoms with E-state index in [0.29, 0.717) is 15.7 Å². The van der Waals surface area contributed by atoms with Crippen LogP contribution in [0.1, 0.15) is 10.4 Å². The van der Waals surface area contributed by atoms with Crippen molar-refractivity contribution in [2.24, 2.45) is 0 Å². The summed E-state index contributed by atoms with van der Waals surface area (Å²) in [6, 6.07) is 9.06. The van der Waals surface area contributed by atoms with Crippen molar-refractivity contribution in [3.63, 3.8) is 0 Å². The third-order valence-corrected chi connectivity index (χ3v) is 2.93. The normalized spacial score (nSPS) is 9.56. The van der Waals surface area contributed by atoms with Gasteiger partial charge < -0.3 is 5.32 Å². The largest absolute Gasteiger partial charge is 0.325 e. The lowest BCUT2D eigenvalue weighted by molar-refractivity contribution is 0.262. The van der Waals surface area contributed by atoms with Crippen LogP contribution < -0.4 is 10.6 Å². The quantitative estimate of drug-likeness (QED) is 0.869. The van der Waals surface area contributed by atoms with Crippen LogP contribution in [0.25, 0.3) is 0 Å². The van der Waals surface area contributed by atoms with Crippen LogP contribution in [0.5, 0.6) is 0 Å². The summed E-state index contributed by atoms with van der Waals surface area (Å²) in [6.07, 6.45) is 1.42. The van der Waals surface area contributed by atoms with Gasteiger partial charge >= 0.3 is 6.03 Å². The zero-order valence-electron chi connectivity index (χ0n) is 9.60. The molecule has 1 aromatic heterocycles. The average molecular weight is 258 g/mol. The number of benzene rings is 1. The van der Waals surface area contributed by atoms with Gasteiger partial charge in [-0.15, -0.1) is 0 Å². The fourth-order valence-corrected chi connectivity index (χ4v) is 1.97. The number of nitrogens with one attached hydrogen (secondary N) is 2. The maximum Gasteiger partial charge on any atom is 0.325 e. The smallest absolute Gasteiger partial charge is 0.308 e. The zero-order chi connectivity index (χ0) is 13.0. The van der Waals surface area contributed by atoms with Crippen molar-refractivity contribution >= 4 is 28.2 Å². The molecule has 5 nitrogen and oxygen atoms in total. The van der Waals surface area contributed by atoms with Crippen molar-refractivity contribution in [1.82, 2.24) is 4.98 Å². The topological polar surface area (TPSA) is 77.8 Å². The fraction of sp³-hybridized carbons (Fsp3) is 0.0833. The maximum atomic E-state index is 11.7. The van der Waals surface area contributed by atoms with E-state index in [1.54, 1.807) is 6.07 Å². The van der Waals surface area contributed by atoms with E-state index in [2.05, 4.69) is 15.6 Å². The van der Waals surface area contributed by atoms with Crippen LogP contribution in [0, 0.1) is 18.3 Å². The van der Waals surface area contributed by atoms with E-state index < -0.39 is 0 Å². The van der Waals surface area contributed by atoms with Crippen molar-refractivity contribution in [3.05, 3.63) is 40.9 Å². The molecule has 0 unspecified atom stereocenters. The molecule has 2 amide bonds. The molecule has 2 aromatic rings. The molecule has 2 N–H and O–H groups in total. The number of urea groups is 1. The van der Waals surface area contributed by atoms with Crippen molar-refractivity contribution in [1.29, 1.82) is 5.26 Å². The molecule has 0 saturated heterocycles. The highest BCUT2D eigenvalue weighted by molar-refractivity contribution is 7.16. The second-order valence-electron chi connectivity index (χ2n) is 3.59. The molecule has 90 valence electrons. The predicted octanol–water partition coefficient (Wildman–Crippen LogP) is 2.97. The molecule has 0 aliphatic carbocycles. The highest BCUT2D eigenvalue weighted by Crippen LogP contribution is 2.17. The molecular weight excluding hydrogens is 248 g/mol. The van der Waals surface area contributed by atoms with Crippen molar-refractivity contribution in [3.8, 4) is 6.07 Å². The number of thiazole rings is 1. The van der Waals surface area contributed by atoms with Crippen LogP contribution in [-0.2, 0) is 0 Å². The molecule has 6 heteroatoms. The van der Waals surface area contributed by atoms with Crippen LogP contribution in [0.15, 0.2) is 30.5 Å². The third-order valence-electron chi connectivity index (χ3n) is 2.11. The van der Waals surface area contributed by atoms with E-state index in [1.807, 2.05) is 31.2 Å².